The first-order valence-corrected chi connectivity index (χ1v) is 14.8. The van der Waals surface area contributed by atoms with Crippen molar-refractivity contribution in [2.75, 3.05) is 58.1 Å². The van der Waals surface area contributed by atoms with Gasteiger partial charge in [0.05, 0.1) is 6.54 Å². The van der Waals surface area contributed by atoms with E-state index in [2.05, 4.69) is 88.2 Å². The van der Waals surface area contributed by atoms with Crippen LogP contribution in [-0.2, 0) is 39.9 Å². The van der Waals surface area contributed by atoms with E-state index in [0.29, 0.717) is 30.6 Å². The number of ether oxygens (including phenoxy) is 1. The van der Waals surface area contributed by atoms with Crippen LogP contribution in [0.15, 0.2) is 48.0 Å². The molecule has 2 atom stereocenters. The van der Waals surface area contributed by atoms with Crippen LogP contribution in [0.5, 0.6) is 0 Å². The molecular formula is C29H40N4O4S2Tc+3. The van der Waals surface area contributed by atoms with Crippen molar-refractivity contribution in [2.45, 2.75) is 37.8 Å². The molecular weight excluding hydrogens is 630 g/mol. The molecule has 2 amide bonds. The summed E-state index contributed by atoms with van der Waals surface area (Å²) in [6.45, 7) is 3.61. The van der Waals surface area contributed by atoms with Crippen molar-refractivity contribution in [3.63, 3.8) is 0 Å². The summed E-state index contributed by atoms with van der Waals surface area (Å²) >= 11 is 8.55. The first-order valence-electron chi connectivity index (χ1n) is 13.5. The smallest absolute Gasteiger partial charge is 2.00 e. The topological polar surface area (TPSA) is 102 Å². The number of carbonyl (C=O) groups is 2. The monoisotopic (exact) mass is 669 g/mol. The number of benzene rings is 2. The number of amides is 2. The van der Waals surface area contributed by atoms with Gasteiger partial charge in [-0.1, -0.05) is 36.4 Å². The molecule has 2 aromatic carbocycles. The molecule has 2 aromatic rings. The second-order valence-electron chi connectivity index (χ2n) is 10.0. The van der Waals surface area contributed by atoms with E-state index in [0.717, 1.165) is 62.0 Å². The van der Waals surface area contributed by atoms with Gasteiger partial charge < -0.3 is 20.8 Å². The Hall–Kier alpha value is -1.43. The predicted molar refractivity (Wildman–Crippen MR) is 161 cm³/mol. The van der Waals surface area contributed by atoms with Crippen molar-refractivity contribution in [1.82, 2.24) is 20.4 Å². The average molecular weight is 671 g/mol. The number of nitrogens with one attached hydrogen (secondary N) is 2. The molecule has 0 spiro atoms. The number of thiol groups is 2. The average Bonchev–Trinajstić information content (AvgIpc) is 3.20. The molecule has 0 saturated carbocycles. The SMILES string of the molecule is COCNC(=O)C1=C(c2ccc3ccccc3c2)CC2CC[C@H]1N2CCCN(CCS)CC(=O)NCCS.[O-2].[Tc+5]. The van der Waals surface area contributed by atoms with Crippen molar-refractivity contribution in [2.24, 2.45) is 0 Å². The molecule has 2 heterocycles. The Balaban J connectivity index is 0.00000280. The van der Waals surface area contributed by atoms with E-state index >= 15 is 0 Å². The van der Waals surface area contributed by atoms with E-state index in [1.165, 1.54) is 10.8 Å². The minimum atomic E-state index is -0.0390. The number of nitrogens with zero attached hydrogens (tertiary/aromatic N) is 2. The van der Waals surface area contributed by atoms with Crippen molar-refractivity contribution in [1.29, 1.82) is 0 Å². The van der Waals surface area contributed by atoms with Crippen LogP contribution < -0.4 is 10.6 Å². The van der Waals surface area contributed by atoms with Crippen LogP contribution in [0.3, 0.4) is 0 Å². The molecule has 216 valence electrons. The number of rotatable bonds is 14. The Morgan fingerprint density at radius 2 is 1.82 bits per heavy atom. The summed E-state index contributed by atoms with van der Waals surface area (Å²) in [7, 11) is 1.59. The Labute approximate surface area is 262 Å². The molecule has 0 radical (unpaired) electrons. The molecule has 1 unspecified atom stereocenters. The summed E-state index contributed by atoms with van der Waals surface area (Å²) in [6.07, 6.45) is 3.84. The van der Waals surface area contributed by atoms with E-state index in [1.807, 2.05) is 0 Å². The summed E-state index contributed by atoms with van der Waals surface area (Å²) in [4.78, 5) is 30.4. The zero-order chi connectivity index (χ0) is 26.9. The zero-order valence-electron chi connectivity index (χ0n) is 23.0. The second-order valence-corrected chi connectivity index (χ2v) is 10.9. The molecule has 1 fully saturated rings. The van der Waals surface area contributed by atoms with Gasteiger partial charge >= 0.3 is 20.1 Å². The number of hydrogen-bond donors (Lipinski definition) is 4. The number of hydrogen-bond acceptors (Lipinski definition) is 7. The van der Waals surface area contributed by atoms with Crippen LogP contribution >= 0.6 is 25.3 Å². The normalized spacial score (nSPS) is 18.4. The van der Waals surface area contributed by atoms with Gasteiger partial charge in [0.25, 0.3) is 5.91 Å². The standard InChI is InChI=1S/C29H40N4O3S2.O.Tc/c1-36-20-31-29(35)28-25(23-8-7-21-5-2-3-6-22(21)17-23)18-24-9-10-26(28)33(24)13-4-12-32(14-16-38)19-27(34)30-11-15-37;;/h2-3,5-8,17,24,26,37-38H,4,9-16,18-20H2,1H3,(H,30,34)(H,31,35);;/q;-2;+5/t24?,26-;;/m1../s1. The van der Waals surface area contributed by atoms with E-state index in [9.17, 15) is 9.59 Å². The molecule has 0 aliphatic carbocycles. The molecule has 2 aliphatic heterocycles. The van der Waals surface area contributed by atoms with Crippen LogP contribution in [0.25, 0.3) is 16.3 Å². The molecule has 4 rings (SSSR count). The number of carbonyl (C=O) groups excluding carboxylic acids is 2. The maximum absolute atomic E-state index is 13.5. The molecule has 2 N–H and O–H groups in total. The van der Waals surface area contributed by atoms with Gasteiger partial charge in [-0.25, -0.2) is 0 Å². The first kappa shape index (κ1) is 34.8. The van der Waals surface area contributed by atoms with E-state index in [-0.39, 0.29) is 50.2 Å². The van der Waals surface area contributed by atoms with Crippen LogP contribution in [-0.4, -0.2) is 91.8 Å². The molecule has 8 nitrogen and oxygen atoms in total. The van der Waals surface area contributed by atoms with Gasteiger partial charge in [0.2, 0.25) is 5.91 Å². The van der Waals surface area contributed by atoms with Gasteiger partial charge in [-0.3, -0.25) is 19.4 Å². The van der Waals surface area contributed by atoms with Crippen molar-refractivity contribution in [3.8, 4) is 0 Å². The van der Waals surface area contributed by atoms with Gasteiger partial charge in [0.15, 0.2) is 0 Å². The molecule has 2 aliphatic rings. The minimum Gasteiger partial charge on any atom is -2.00 e. The molecule has 0 aromatic heterocycles. The van der Waals surface area contributed by atoms with E-state index in [4.69, 9.17) is 4.74 Å². The molecule has 40 heavy (non-hydrogen) atoms. The fraction of sp³-hybridized carbons (Fsp3) is 0.517. The van der Waals surface area contributed by atoms with Gasteiger partial charge in [0.1, 0.15) is 6.73 Å². The van der Waals surface area contributed by atoms with E-state index in [1.54, 1.807) is 7.11 Å². The molecule has 1 saturated heterocycles. The largest absolute Gasteiger partial charge is 5.00 e. The van der Waals surface area contributed by atoms with Crippen molar-refractivity contribution < 1.29 is 39.9 Å². The summed E-state index contributed by atoms with van der Waals surface area (Å²) in [6, 6.07) is 15.4. The fourth-order valence-corrected chi connectivity index (χ4v) is 6.26. The Morgan fingerprint density at radius 3 is 2.55 bits per heavy atom. The summed E-state index contributed by atoms with van der Waals surface area (Å²) < 4.78 is 5.16. The Kier molecular flexibility index (Phi) is 15.2. The summed E-state index contributed by atoms with van der Waals surface area (Å²) in [5.41, 5.74) is 3.17. The zero-order valence-corrected chi connectivity index (χ0v) is 26.6. The Bertz CT molecular complexity index is 1150. The maximum atomic E-state index is 13.5. The van der Waals surface area contributed by atoms with Crippen LogP contribution in [0.1, 0.15) is 31.2 Å². The molecule has 2 bridgehead atoms. The van der Waals surface area contributed by atoms with Gasteiger partial charge in [-0.05, 0) is 60.2 Å². The van der Waals surface area contributed by atoms with Crippen molar-refractivity contribution >= 4 is 53.4 Å². The van der Waals surface area contributed by atoms with Crippen LogP contribution in [0.2, 0.25) is 0 Å². The van der Waals surface area contributed by atoms with Crippen LogP contribution in [0, 0.1) is 0 Å². The number of methoxy groups -OCH3 is 1. The van der Waals surface area contributed by atoms with Gasteiger partial charge in [-0.15, -0.1) is 0 Å². The second kappa shape index (κ2) is 17.5. The van der Waals surface area contributed by atoms with Crippen molar-refractivity contribution in [3.05, 3.63) is 53.6 Å². The third kappa shape index (κ3) is 8.79. The van der Waals surface area contributed by atoms with Crippen LogP contribution in [0.4, 0.5) is 0 Å². The summed E-state index contributed by atoms with van der Waals surface area (Å²) in [5.74, 6) is 1.32. The predicted octanol–water partition coefficient (Wildman–Crippen LogP) is 3.10. The third-order valence-corrected chi connectivity index (χ3v) is 7.99. The fourth-order valence-electron chi connectivity index (χ4n) is 5.87. The first-order chi connectivity index (χ1) is 18.5. The quantitative estimate of drug-likeness (QED) is 0.183. The van der Waals surface area contributed by atoms with Gasteiger partial charge in [0, 0.05) is 55.9 Å². The Morgan fingerprint density at radius 1 is 1.05 bits per heavy atom. The summed E-state index contributed by atoms with van der Waals surface area (Å²) in [5, 5.41) is 8.25. The third-order valence-electron chi connectivity index (χ3n) is 7.57. The number of fused-ring (bicyclic) bond motifs is 3. The minimum absolute atomic E-state index is 0. The molecule has 11 heteroatoms. The maximum Gasteiger partial charge on any atom is 5.00 e. The van der Waals surface area contributed by atoms with E-state index < -0.39 is 0 Å². The van der Waals surface area contributed by atoms with Gasteiger partial charge in [-0.2, -0.15) is 25.3 Å².